The monoisotopic (exact) mass is 477 g/mol. The Morgan fingerprint density at radius 1 is 0.909 bits per heavy atom. The van der Waals surface area contributed by atoms with Gasteiger partial charge in [0.25, 0.3) is 0 Å². The average molecular weight is 478 g/mol. The van der Waals surface area contributed by atoms with Gasteiger partial charge in [-0.05, 0) is 49.2 Å². The van der Waals surface area contributed by atoms with Crippen LogP contribution in [0.2, 0.25) is 0 Å². The predicted octanol–water partition coefficient (Wildman–Crippen LogP) is 3.64. The van der Waals surface area contributed by atoms with Crippen LogP contribution in [0, 0.1) is 11.6 Å². The molecule has 4 rings (SSSR count). The molecule has 1 saturated carbocycles. The second-order valence-corrected chi connectivity index (χ2v) is 10.5. The van der Waals surface area contributed by atoms with Crippen LogP contribution in [0.4, 0.5) is 14.5 Å². The number of rotatable bonds is 6. The molecule has 0 spiro atoms. The van der Waals surface area contributed by atoms with Crippen LogP contribution in [0.15, 0.2) is 53.4 Å². The minimum Gasteiger partial charge on any atom is -0.366 e. The van der Waals surface area contributed by atoms with E-state index in [1.54, 1.807) is 23.1 Å². The highest BCUT2D eigenvalue weighted by Crippen LogP contribution is 2.28. The minimum absolute atomic E-state index is 0.00774. The van der Waals surface area contributed by atoms with Crippen LogP contribution in [-0.4, -0.2) is 62.3 Å². The number of anilines is 1. The standard InChI is InChI=1S/C24H29F2N3O3S/c25-19-10-12-21(13-11-19)33(31,32)29(20-6-2-1-3-7-20)18-24(30)28-16-14-27(15-17-28)23-9-5-4-8-22(23)26/h4-5,8-13,20H,1-3,6-7,14-18H2. The van der Waals surface area contributed by atoms with Crippen molar-refractivity contribution < 1.29 is 22.0 Å². The number of piperazine rings is 1. The van der Waals surface area contributed by atoms with Crippen molar-refractivity contribution >= 4 is 21.6 Å². The van der Waals surface area contributed by atoms with Crippen molar-refractivity contribution in [2.24, 2.45) is 0 Å². The topological polar surface area (TPSA) is 60.9 Å². The van der Waals surface area contributed by atoms with Crippen LogP contribution in [0.25, 0.3) is 0 Å². The van der Waals surface area contributed by atoms with Gasteiger partial charge in [-0.25, -0.2) is 17.2 Å². The van der Waals surface area contributed by atoms with Gasteiger partial charge in [-0.1, -0.05) is 31.4 Å². The molecular formula is C24H29F2N3O3S. The Balaban J connectivity index is 1.48. The lowest BCUT2D eigenvalue weighted by molar-refractivity contribution is -0.132. The number of hydrogen-bond donors (Lipinski definition) is 0. The summed E-state index contributed by atoms with van der Waals surface area (Å²) in [4.78, 5) is 16.7. The summed E-state index contributed by atoms with van der Waals surface area (Å²) in [5.41, 5.74) is 0.507. The number of sulfonamides is 1. The van der Waals surface area contributed by atoms with Gasteiger partial charge >= 0.3 is 0 Å². The van der Waals surface area contributed by atoms with Gasteiger partial charge in [0, 0.05) is 32.2 Å². The third-order valence-corrected chi connectivity index (χ3v) is 8.43. The van der Waals surface area contributed by atoms with Gasteiger partial charge in [-0.3, -0.25) is 4.79 Å². The van der Waals surface area contributed by atoms with Crippen LogP contribution in [-0.2, 0) is 14.8 Å². The zero-order valence-electron chi connectivity index (χ0n) is 18.5. The average Bonchev–Trinajstić information content (AvgIpc) is 2.83. The van der Waals surface area contributed by atoms with E-state index in [1.165, 1.54) is 22.5 Å². The first kappa shape index (κ1) is 23.6. The molecule has 2 fully saturated rings. The highest BCUT2D eigenvalue weighted by molar-refractivity contribution is 7.89. The lowest BCUT2D eigenvalue weighted by Gasteiger charge is -2.38. The normalized spacial score (nSPS) is 18.0. The molecule has 2 aromatic rings. The summed E-state index contributed by atoms with van der Waals surface area (Å²) in [6, 6.07) is 11.0. The van der Waals surface area contributed by atoms with E-state index in [4.69, 9.17) is 0 Å². The maximum Gasteiger partial charge on any atom is 0.243 e. The van der Waals surface area contributed by atoms with Gasteiger partial charge in [0.1, 0.15) is 11.6 Å². The number of carbonyl (C=O) groups is 1. The Morgan fingerprint density at radius 2 is 1.55 bits per heavy atom. The molecule has 1 aliphatic heterocycles. The van der Waals surface area contributed by atoms with Gasteiger partial charge in [0.05, 0.1) is 17.1 Å². The summed E-state index contributed by atoms with van der Waals surface area (Å²) in [5.74, 6) is -1.08. The predicted molar refractivity (Wildman–Crippen MR) is 122 cm³/mol. The van der Waals surface area contributed by atoms with Crippen molar-refractivity contribution in [2.75, 3.05) is 37.6 Å². The third-order valence-electron chi connectivity index (χ3n) is 6.52. The van der Waals surface area contributed by atoms with Crippen LogP contribution in [0.3, 0.4) is 0 Å². The fourth-order valence-electron chi connectivity index (χ4n) is 4.66. The molecule has 1 saturated heterocycles. The third kappa shape index (κ3) is 5.35. The molecule has 0 radical (unpaired) electrons. The smallest absolute Gasteiger partial charge is 0.243 e. The lowest BCUT2D eigenvalue weighted by atomic mass is 9.95. The molecule has 2 aromatic carbocycles. The summed E-state index contributed by atoms with van der Waals surface area (Å²) < 4.78 is 55.6. The molecule has 0 atom stereocenters. The van der Waals surface area contributed by atoms with Crippen molar-refractivity contribution in [1.29, 1.82) is 0 Å². The largest absolute Gasteiger partial charge is 0.366 e. The van der Waals surface area contributed by atoms with Crippen LogP contribution < -0.4 is 4.90 Å². The molecule has 0 N–H and O–H groups in total. The summed E-state index contributed by atoms with van der Waals surface area (Å²) in [5, 5.41) is 0. The number of hydrogen-bond acceptors (Lipinski definition) is 4. The van der Waals surface area contributed by atoms with E-state index in [2.05, 4.69) is 0 Å². The van der Waals surface area contributed by atoms with E-state index < -0.39 is 15.8 Å². The van der Waals surface area contributed by atoms with Crippen LogP contribution in [0.5, 0.6) is 0 Å². The fraction of sp³-hybridized carbons (Fsp3) is 0.458. The van der Waals surface area contributed by atoms with Crippen molar-refractivity contribution in [1.82, 2.24) is 9.21 Å². The van der Waals surface area contributed by atoms with Crippen molar-refractivity contribution in [3.63, 3.8) is 0 Å². The maximum atomic E-state index is 14.1. The van der Waals surface area contributed by atoms with E-state index in [-0.39, 0.29) is 29.2 Å². The Hall–Kier alpha value is -2.52. The molecule has 178 valence electrons. The van der Waals surface area contributed by atoms with Crippen molar-refractivity contribution in [3.8, 4) is 0 Å². The molecule has 33 heavy (non-hydrogen) atoms. The quantitative estimate of drug-likeness (QED) is 0.638. The number of carbonyl (C=O) groups excluding carboxylic acids is 1. The van der Waals surface area contributed by atoms with Gasteiger partial charge in [-0.2, -0.15) is 4.31 Å². The first-order valence-corrected chi connectivity index (χ1v) is 12.8. The molecular weight excluding hydrogens is 448 g/mol. The SMILES string of the molecule is O=C(CN(C1CCCCC1)S(=O)(=O)c1ccc(F)cc1)N1CCN(c2ccccc2F)CC1. The molecule has 0 aromatic heterocycles. The lowest BCUT2D eigenvalue weighted by Crippen LogP contribution is -2.53. The number of benzene rings is 2. The summed E-state index contributed by atoms with van der Waals surface area (Å²) >= 11 is 0. The van der Waals surface area contributed by atoms with Gasteiger partial charge in [-0.15, -0.1) is 0 Å². The van der Waals surface area contributed by atoms with Crippen LogP contribution in [0.1, 0.15) is 32.1 Å². The Kier molecular flexibility index (Phi) is 7.29. The number of nitrogens with zero attached hydrogens (tertiary/aromatic N) is 3. The molecule has 1 heterocycles. The fourth-order valence-corrected chi connectivity index (χ4v) is 6.29. The van der Waals surface area contributed by atoms with Gasteiger partial charge < -0.3 is 9.80 Å². The summed E-state index contributed by atoms with van der Waals surface area (Å²) in [7, 11) is -3.95. The summed E-state index contributed by atoms with van der Waals surface area (Å²) in [6.07, 6.45) is 4.28. The molecule has 2 aliphatic rings. The maximum absolute atomic E-state index is 14.1. The molecule has 0 bridgehead atoms. The van der Waals surface area contributed by atoms with Gasteiger partial charge in [0.2, 0.25) is 15.9 Å². The van der Waals surface area contributed by atoms with Gasteiger partial charge in [0.15, 0.2) is 0 Å². The van der Waals surface area contributed by atoms with Crippen molar-refractivity contribution in [3.05, 3.63) is 60.2 Å². The van der Waals surface area contributed by atoms with E-state index in [0.29, 0.717) is 44.7 Å². The molecule has 9 heteroatoms. The van der Waals surface area contributed by atoms with Crippen molar-refractivity contribution in [2.45, 2.75) is 43.0 Å². The minimum atomic E-state index is -3.95. The second kappa shape index (κ2) is 10.2. The Labute approximate surface area is 193 Å². The zero-order chi connectivity index (χ0) is 23.4. The highest BCUT2D eigenvalue weighted by atomic mass is 32.2. The second-order valence-electron chi connectivity index (χ2n) is 8.62. The molecule has 6 nitrogen and oxygen atoms in total. The van der Waals surface area contributed by atoms with E-state index in [1.807, 2.05) is 4.90 Å². The number of halogens is 2. The first-order valence-electron chi connectivity index (χ1n) is 11.4. The number of amides is 1. The molecule has 1 aliphatic carbocycles. The van der Waals surface area contributed by atoms with E-state index in [9.17, 15) is 22.0 Å². The zero-order valence-corrected chi connectivity index (χ0v) is 19.3. The Bertz CT molecular complexity index is 1060. The van der Waals surface area contributed by atoms with Crippen LogP contribution >= 0.6 is 0 Å². The summed E-state index contributed by atoms with van der Waals surface area (Å²) in [6.45, 7) is 1.48. The van der Waals surface area contributed by atoms with E-state index >= 15 is 0 Å². The van der Waals surface area contributed by atoms with E-state index in [0.717, 1.165) is 31.4 Å². The highest BCUT2D eigenvalue weighted by Gasteiger charge is 2.35. The number of para-hydroxylation sites is 1. The Morgan fingerprint density at radius 3 is 2.18 bits per heavy atom. The molecule has 1 amide bonds. The molecule has 0 unspecified atom stereocenters. The first-order chi connectivity index (χ1) is 15.9.